The number of piperidine rings is 1. The van der Waals surface area contributed by atoms with Gasteiger partial charge in [0.15, 0.2) is 0 Å². The van der Waals surface area contributed by atoms with Gasteiger partial charge in [-0.3, -0.25) is 14.5 Å². The molecule has 0 radical (unpaired) electrons. The van der Waals surface area contributed by atoms with Gasteiger partial charge in [0.1, 0.15) is 5.69 Å². The molecule has 1 aromatic heterocycles. The summed E-state index contributed by atoms with van der Waals surface area (Å²) in [6.45, 7) is 6.53. The van der Waals surface area contributed by atoms with E-state index in [1.54, 1.807) is 6.07 Å². The maximum atomic E-state index is 12.7. The molecule has 0 bridgehead atoms. The summed E-state index contributed by atoms with van der Waals surface area (Å²) in [5, 5.41) is 6.27. The van der Waals surface area contributed by atoms with E-state index in [0.717, 1.165) is 67.8 Å². The van der Waals surface area contributed by atoms with Gasteiger partial charge >= 0.3 is 0 Å². The van der Waals surface area contributed by atoms with E-state index >= 15 is 0 Å². The first-order valence-electron chi connectivity index (χ1n) is 12.3. The minimum Gasteiger partial charge on any atom is -0.353 e. The fourth-order valence-electron chi connectivity index (χ4n) is 5.08. The molecule has 0 unspecified atom stereocenters. The van der Waals surface area contributed by atoms with E-state index in [1.165, 1.54) is 19.3 Å². The molecule has 1 aliphatic carbocycles. The number of nitrogens with one attached hydrogen (secondary N) is 2. The number of nitrogens with zero attached hydrogens (tertiary/aromatic N) is 2. The van der Waals surface area contributed by atoms with Crippen LogP contribution in [-0.2, 0) is 11.3 Å². The van der Waals surface area contributed by atoms with E-state index in [2.05, 4.69) is 26.6 Å². The van der Waals surface area contributed by atoms with Crippen molar-refractivity contribution in [1.82, 2.24) is 15.2 Å². The molecule has 4 rings (SSSR count). The second kappa shape index (κ2) is 10.9. The molecule has 0 spiro atoms. The minimum atomic E-state index is -0.191. The van der Waals surface area contributed by atoms with Gasteiger partial charge in [-0.2, -0.15) is 0 Å². The Hall–Kier alpha value is -2.73. The fraction of sp³-hybridized carbons (Fsp3) is 0.519. The number of hydrogen-bond acceptors (Lipinski definition) is 4. The highest BCUT2D eigenvalue weighted by atomic mass is 16.2. The monoisotopic (exact) mass is 448 g/mol. The van der Waals surface area contributed by atoms with Gasteiger partial charge in [-0.05, 0) is 88.0 Å². The fourth-order valence-corrected chi connectivity index (χ4v) is 5.08. The molecule has 1 saturated carbocycles. The van der Waals surface area contributed by atoms with Crippen molar-refractivity contribution in [2.45, 2.75) is 71.4 Å². The first kappa shape index (κ1) is 23.4. The van der Waals surface area contributed by atoms with Gasteiger partial charge in [0, 0.05) is 29.9 Å². The topological polar surface area (TPSA) is 74.3 Å². The number of hydrogen-bond donors (Lipinski definition) is 2. The van der Waals surface area contributed by atoms with Gasteiger partial charge in [-0.1, -0.05) is 31.4 Å². The van der Waals surface area contributed by atoms with Crippen LogP contribution < -0.4 is 10.6 Å². The average Bonchev–Trinajstić information content (AvgIpc) is 2.80. The van der Waals surface area contributed by atoms with Crippen molar-refractivity contribution in [3.63, 3.8) is 0 Å². The molecule has 2 heterocycles. The van der Waals surface area contributed by atoms with Gasteiger partial charge in [0.05, 0.1) is 0 Å². The second-order valence-corrected chi connectivity index (χ2v) is 9.72. The molecule has 1 aliphatic heterocycles. The van der Waals surface area contributed by atoms with Crippen molar-refractivity contribution in [2.24, 2.45) is 5.92 Å². The lowest BCUT2D eigenvalue weighted by Crippen LogP contribution is -2.44. The third kappa shape index (κ3) is 6.64. The van der Waals surface area contributed by atoms with Crippen molar-refractivity contribution in [2.75, 3.05) is 18.4 Å². The second-order valence-electron chi connectivity index (χ2n) is 9.72. The van der Waals surface area contributed by atoms with Gasteiger partial charge in [0.2, 0.25) is 5.91 Å². The summed E-state index contributed by atoms with van der Waals surface area (Å²) < 4.78 is 0. The molecule has 6 heteroatoms. The summed E-state index contributed by atoms with van der Waals surface area (Å²) in [6.07, 6.45) is 7.88. The summed E-state index contributed by atoms with van der Waals surface area (Å²) in [5.41, 5.74) is 4.24. The normalized spacial score (nSPS) is 18.1. The maximum absolute atomic E-state index is 12.7. The van der Waals surface area contributed by atoms with Gasteiger partial charge < -0.3 is 10.6 Å². The third-order valence-electron chi connectivity index (χ3n) is 6.83. The quantitative estimate of drug-likeness (QED) is 0.677. The number of aromatic nitrogens is 1. The number of anilines is 1. The number of likely N-dealkylation sites (tertiary alicyclic amines) is 1. The molecule has 2 amide bonds. The number of amides is 2. The number of rotatable bonds is 6. The van der Waals surface area contributed by atoms with E-state index in [9.17, 15) is 9.59 Å². The molecule has 176 valence electrons. The zero-order valence-electron chi connectivity index (χ0n) is 19.9. The number of carbonyl (C=O) groups excluding carboxylic acids is 2. The minimum absolute atomic E-state index is 0.138. The van der Waals surface area contributed by atoms with Crippen LogP contribution in [0.2, 0.25) is 0 Å². The lowest BCUT2D eigenvalue weighted by molar-refractivity contribution is -0.127. The highest BCUT2D eigenvalue weighted by molar-refractivity contribution is 6.03. The first-order chi connectivity index (χ1) is 16.0. The first-order valence-corrected chi connectivity index (χ1v) is 12.3. The van der Waals surface area contributed by atoms with Crippen molar-refractivity contribution in [1.29, 1.82) is 0 Å². The van der Waals surface area contributed by atoms with Crippen molar-refractivity contribution in [3.05, 3.63) is 58.9 Å². The molecule has 0 atom stereocenters. The van der Waals surface area contributed by atoms with E-state index in [1.807, 2.05) is 38.1 Å². The largest absolute Gasteiger partial charge is 0.353 e. The van der Waals surface area contributed by atoms with Crippen LogP contribution in [0.15, 0.2) is 36.4 Å². The van der Waals surface area contributed by atoms with Gasteiger partial charge in [-0.15, -0.1) is 0 Å². The molecule has 6 nitrogen and oxygen atoms in total. The van der Waals surface area contributed by atoms with Crippen LogP contribution >= 0.6 is 0 Å². The summed E-state index contributed by atoms with van der Waals surface area (Å²) in [5.74, 6) is 0.203. The Balaban J connectivity index is 1.27. The van der Waals surface area contributed by atoms with Gasteiger partial charge in [0.25, 0.3) is 5.91 Å². The Morgan fingerprint density at radius 3 is 2.48 bits per heavy atom. The SMILES string of the molecule is Cc1cc(C)nc(C(=O)Nc2cccc(CN3CCC(C(=O)NC4CCCCC4)CC3)c2)c1. The molecule has 2 N–H and O–H groups in total. The Morgan fingerprint density at radius 1 is 1.00 bits per heavy atom. The Bertz CT molecular complexity index is 956. The van der Waals surface area contributed by atoms with E-state index < -0.39 is 0 Å². The van der Waals surface area contributed by atoms with E-state index in [0.29, 0.717) is 11.7 Å². The molecular weight excluding hydrogens is 412 g/mol. The average molecular weight is 449 g/mol. The highest BCUT2D eigenvalue weighted by Crippen LogP contribution is 2.23. The Labute approximate surface area is 197 Å². The van der Waals surface area contributed by atoms with Crippen molar-refractivity contribution < 1.29 is 9.59 Å². The number of benzene rings is 1. The zero-order valence-corrected chi connectivity index (χ0v) is 19.9. The zero-order chi connectivity index (χ0) is 23.2. The number of aryl methyl sites for hydroxylation is 2. The van der Waals surface area contributed by atoms with Crippen LogP contribution in [0.1, 0.15) is 72.3 Å². The van der Waals surface area contributed by atoms with Crippen LogP contribution in [0, 0.1) is 19.8 Å². The molecule has 33 heavy (non-hydrogen) atoms. The molecule has 2 fully saturated rings. The van der Waals surface area contributed by atoms with Crippen LogP contribution in [0.4, 0.5) is 5.69 Å². The smallest absolute Gasteiger partial charge is 0.274 e. The third-order valence-corrected chi connectivity index (χ3v) is 6.83. The maximum Gasteiger partial charge on any atom is 0.274 e. The molecular formula is C27H36N4O2. The molecule has 2 aliphatic rings. The summed E-state index contributed by atoms with van der Waals surface area (Å²) in [6, 6.07) is 12.2. The predicted octanol–water partition coefficient (Wildman–Crippen LogP) is 4.61. The van der Waals surface area contributed by atoms with E-state index in [-0.39, 0.29) is 17.7 Å². The van der Waals surface area contributed by atoms with E-state index in [4.69, 9.17) is 0 Å². The van der Waals surface area contributed by atoms with Gasteiger partial charge in [-0.25, -0.2) is 4.98 Å². The van der Waals surface area contributed by atoms with Crippen LogP contribution in [0.3, 0.4) is 0 Å². The van der Waals surface area contributed by atoms with Crippen molar-refractivity contribution in [3.8, 4) is 0 Å². The summed E-state index contributed by atoms with van der Waals surface area (Å²) >= 11 is 0. The number of pyridine rings is 1. The lowest BCUT2D eigenvalue weighted by Gasteiger charge is -2.32. The van der Waals surface area contributed by atoms with Crippen LogP contribution in [-0.4, -0.2) is 40.8 Å². The van der Waals surface area contributed by atoms with Crippen LogP contribution in [0.25, 0.3) is 0 Å². The molecule has 2 aromatic rings. The number of carbonyl (C=O) groups is 2. The standard InChI is InChI=1S/C27H36N4O2/c1-19-15-20(2)28-25(16-19)27(33)30-24-10-6-7-21(17-24)18-31-13-11-22(12-14-31)26(32)29-23-8-4-3-5-9-23/h6-7,10,15-17,22-23H,3-5,8-9,11-14,18H2,1-2H3,(H,29,32)(H,30,33). The summed E-state index contributed by atoms with van der Waals surface area (Å²) in [7, 11) is 0. The molecule has 1 saturated heterocycles. The Morgan fingerprint density at radius 2 is 1.76 bits per heavy atom. The highest BCUT2D eigenvalue weighted by Gasteiger charge is 2.27. The lowest BCUT2D eigenvalue weighted by atomic mass is 9.92. The summed E-state index contributed by atoms with van der Waals surface area (Å²) in [4.78, 5) is 32.1. The Kier molecular flexibility index (Phi) is 7.76. The predicted molar refractivity (Wildman–Crippen MR) is 131 cm³/mol. The van der Waals surface area contributed by atoms with Crippen LogP contribution in [0.5, 0.6) is 0 Å². The van der Waals surface area contributed by atoms with Crippen molar-refractivity contribution >= 4 is 17.5 Å². The molecule has 1 aromatic carbocycles.